The SMILES string of the molecule is COC(=O)c1nn(SF)c2ccc(Br)cc12. The first-order valence-electron chi connectivity index (χ1n) is 4.23. The predicted molar refractivity (Wildman–Crippen MR) is 62.9 cm³/mol. The van der Waals surface area contributed by atoms with E-state index in [1.807, 2.05) is 0 Å². The van der Waals surface area contributed by atoms with Gasteiger partial charge in [-0.2, -0.15) is 9.19 Å². The summed E-state index contributed by atoms with van der Waals surface area (Å²) in [5, 5.41) is 4.38. The molecule has 7 heteroatoms. The molecule has 0 fully saturated rings. The van der Waals surface area contributed by atoms with Crippen LogP contribution in [0, 0.1) is 0 Å². The smallest absolute Gasteiger partial charge is 0.359 e. The van der Waals surface area contributed by atoms with Crippen molar-refractivity contribution < 1.29 is 13.4 Å². The van der Waals surface area contributed by atoms with E-state index in [0.29, 0.717) is 10.9 Å². The summed E-state index contributed by atoms with van der Waals surface area (Å²) in [6.07, 6.45) is 0. The second kappa shape index (κ2) is 4.42. The lowest BCUT2D eigenvalue weighted by atomic mass is 10.2. The molecule has 1 aromatic carbocycles. The number of hydrogen-bond acceptors (Lipinski definition) is 4. The topological polar surface area (TPSA) is 44.1 Å². The largest absolute Gasteiger partial charge is 0.464 e. The molecule has 1 heterocycles. The lowest BCUT2D eigenvalue weighted by Crippen LogP contribution is -2.02. The van der Waals surface area contributed by atoms with E-state index < -0.39 is 5.97 Å². The molecule has 2 aromatic rings. The van der Waals surface area contributed by atoms with Crippen LogP contribution in [0.2, 0.25) is 0 Å². The van der Waals surface area contributed by atoms with E-state index in [9.17, 15) is 8.68 Å². The van der Waals surface area contributed by atoms with E-state index in [2.05, 4.69) is 25.8 Å². The Morgan fingerprint density at radius 1 is 1.62 bits per heavy atom. The Hall–Kier alpha value is -1.08. The summed E-state index contributed by atoms with van der Waals surface area (Å²) >= 11 is 3.21. The fourth-order valence-corrected chi connectivity index (χ4v) is 2.07. The number of rotatable bonds is 2. The Labute approximate surface area is 103 Å². The molecular formula is C9H6BrFN2O2S. The van der Waals surface area contributed by atoms with Crippen molar-refractivity contribution in [3.05, 3.63) is 28.4 Å². The van der Waals surface area contributed by atoms with Gasteiger partial charge in [-0.3, -0.25) is 0 Å². The van der Waals surface area contributed by atoms with Crippen LogP contribution in [0.3, 0.4) is 0 Å². The molecule has 0 N–H and O–H groups in total. The van der Waals surface area contributed by atoms with Crippen LogP contribution in [0.1, 0.15) is 10.5 Å². The quantitative estimate of drug-likeness (QED) is 0.800. The third-order valence-electron chi connectivity index (χ3n) is 2.05. The van der Waals surface area contributed by atoms with Gasteiger partial charge in [0.05, 0.1) is 12.6 Å². The number of aromatic nitrogens is 2. The zero-order valence-corrected chi connectivity index (χ0v) is 10.5. The van der Waals surface area contributed by atoms with Crippen LogP contribution in [0.4, 0.5) is 3.89 Å². The normalized spacial score (nSPS) is 10.7. The molecule has 84 valence electrons. The number of methoxy groups -OCH3 is 1. The van der Waals surface area contributed by atoms with Gasteiger partial charge >= 0.3 is 5.97 Å². The number of ether oxygens (including phenoxy) is 1. The van der Waals surface area contributed by atoms with Crippen molar-refractivity contribution in [1.29, 1.82) is 0 Å². The van der Waals surface area contributed by atoms with Gasteiger partial charge in [0.25, 0.3) is 0 Å². The Morgan fingerprint density at radius 2 is 2.38 bits per heavy atom. The predicted octanol–water partition coefficient (Wildman–Crippen LogP) is 2.97. The van der Waals surface area contributed by atoms with E-state index in [4.69, 9.17) is 0 Å². The van der Waals surface area contributed by atoms with Gasteiger partial charge in [-0.1, -0.05) is 15.9 Å². The van der Waals surface area contributed by atoms with Crippen LogP contribution < -0.4 is 0 Å². The average molecular weight is 305 g/mol. The van der Waals surface area contributed by atoms with Gasteiger partial charge in [-0.25, -0.2) is 4.79 Å². The molecule has 0 aliphatic carbocycles. The van der Waals surface area contributed by atoms with Crippen LogP contribution in [-0.4, -0.2) is 22.3 Å². The minimum Gasteiger partial charge on any atom is -0.464 e. The molecule has 0 unspecified atom stereocenters. The van der Waals surface area contributed by atoms with Crippen molar-refractivity contribution in [3.8, 4) is 0 Å². The maximum Gasteiger partial charge on any atom is 0.359 e. The van der Waals surface area contributed by atoms with E-state index >= 15 is 0 Å². The van der Waals surface area contributed by atoms with Gasteiger partial charge in [-0.15, -0.1) is 3.89 Å². The number of esters is 1. The number of halogens is 2. The molecule has 0 spiro atoms. The first kappa shape index (κ1) is 11.4. The maximum atomic E-state index is 12.6. The van der Waals surface area contributed by atoms with Crippen LogP contribution in [0.25, 0.3) is 10.9 Å². The Morgan fingerprint density at radius 3 is 3.00 bits per heavy atom. The Bertz CT molecular complexity index is 558. The monoisotopic (exact) mass is 304 g/mol. The van der Waals surface area contributed by atoms with Gasteiger partial charge in [-0.05, 0) is 18.2 Å². The fourth-order valence-electron chi connectivity index (χ4n) is 1.36. The van der Waals surface area contributed by atoms with Crippen molar-refractivity contribution in [3.63, 3.8) is 0 Å². The van der Waals surface area contributed by atoms with Crippen molar-refractivity contribution in [1.82, 2.24) is 9.19 Å². The van der Waals surface area contributed by atoms with Crippen molar-refractivity contribution in [2.75, 3.05) is 7.11 Å². The molecule has 1 aromatic heterocycles. The average Bonchev–Trinajstić information content (AvgIpc) is 2.66. The molecule has 0 aliphatic heterocycles. The standard InChI is InChI=1S/C9H6BrFN2O2S/c1-15-9(14)8-6-4-5(10)2-3-7(6)13(12-8)16-11/h2-4H,1H3. The van der Waals surface area contributed by atoms with Gasteiger partial charge in [0.15, 0.2) is 18.0 Å². The second-order valence-corrected chi connectivity index (χ2v) is 4.34. The summed E-state index contributed by atoms with van der Waals surface area (Å²) in [7, 11) is 1.26. The molecule has 0 amide bonds. The van der Waals surface area contributed by atoms with Crippen LogP contribution in [-0.2, 0) is 4.74 Å². The summed E-state index contributed by atoms with van der Waals surface area (Å²) in [5.41, 5.74) is 0.625. The third-order valence-corrected chi connectivity index (χ3v) is 2.96. The molecule has 0 saturated heterocycles. The summed E-state index contributed by atoms with van der Waals surface area (Å²) in [6, 6.07) is 5.12. The van der Waals surface area contributed by atoms with Crippen molar-refractivity contribution in [2.45, 2.75) is 0 Å². The first-order valence-corrected chi connectivity index (χ1v) is 5.69. The first-order chi connectivity index (χ1) is 7.67. The number of carbonyl (C=O) groups excluding carboxylic acids is 1. The number of carbonyl (C=O) groups is 1. The number of fused-ring (bicyclic) bond motifs is 1. The molecule has 0 saturated carbocycles. The lowest BCUT2D eigenvalue weighted by Gasteiger charge is -1.95. The minimum absolute atomic E-state index is 0.0647. The highest BCUT2D eigenvalue weighted by Gasteiger charge is 2.18. The van der Waals surface area contributed by atoms with Gasteiger partial charge in [0.2, 0.25) is 0 Å². The Balaban J connectivity index is 2.73. The van der Waals surface area contributed by atoms with Crippen molar-refractivity contribution >= 4 is 45.1 Å². The van der Waals surface area contributed by atoms with E-state index in [1.165, 1.54) is 7.11 Å². The highest BCUT2D eigenvalue weighted by Crippen LogP contribution is 2.26. The molecule has 0 atom stereocenters. The van der Waals surface area contributed by atoms with Crippen LogP contribution >= 0.6 is 28.3 Å². The van der Waals surface area contributed by atoms with Crippen molar-refractivity contribution in [2.24, 2.45) is 0 Å². The summed E-state index contributed by atoms with van der Waals surface area (Å²) < 4.78 is 19.0. The van der Waals surface area contributed by atoms with E-state index in [0.717, 1.165) is 8.56 Å². The zero-order valence-electron chi connectivity index (χ0n) is 8.11. The lowest BCUT2D eigenvalue weighted by molar-refractivity contribution is 0.0596. The summed E-state index contributed by atoms with van der Waals surface area (Å²) in [6.45, 7) is 0. The molecule has 0 aliphatic rings. The van der Waals surface area contributed by atoms with Gasteiger partial charge < -0.3 is 4.74 Å². The van der Waals surface area contributed by atoms with E-state index in [1.54, 1.807) is 18.2 Å². The number of hydrogen-bond donors (Lipinski definition) is 0. The minimum atomic E-state index is -0.587. The molecule has 16 heavy (non-hydrogen) atoms. The maximum absolute atomic E-state index is 12.6. The molecule has 4 nitrogen and oxygen atoms in total. The van der Waals surface area contributed by atoms with Gasteiger partial charge in [0, 0.05) is 9.86 Å². The Kier molecular flexibility index (Phi) is 3.15. The molecular weight excluding hydrogens is 299 g/mol. The summed E-state index contributed by atoms with van der Waals surface area (Å²) in [4.78, 5) is 11.4. The zero-order chi connectivity index (χ0) is 11.7. The highest BCUT2D eigenvalue weighted by molar-refractivity contribution is 9.10. The highest BCUT2D eigenvalue weighted by atomic mass is 79.9. The molecule has 0 radical (unpaired) electrons. The fraction of sp³-hybridized carbons (Fsp3) is 0.111. The second-order valence-electron chi connectivity index (χ2n) is 2.94. The molecule has 0 bridgehead atoms. The number of benzene rings is 1. The third kappa shape index (κ3) is 1.80. The van der Waals surface area contributed by atoms with Gasteiger partial charge in [0.1, 0.15) is 0 Å². The molecule has 2 rings (SSSR count). The summed E-state index contributed by atoms with van der Waals surface area (Å²) in [5.74, 6) is -0.587. The number of nitrogens with zero attached hydrogens (tertiary/aromatic N) is 2. The van der Waals surface area contributed by atoms with Crippen LogP contribution in [0.5, 0.6) is 0 Å². The van der Waals surface area contributed by atoms with Crippen LogP contribution in [0.15, 0.2) is 22.7 Å². The van der Waals surface area contributed by atoms with E-state index in [-0.39, 0.29) is 18.0 Å².